The summed E-state index contributed by atoms with van der Waals surface area (Å²) in [5.74, 6) is 0. The normalized spacial score (nSPS) is 10.9. The van der Waals surface area contributed by atoms with Crippen molar-refractivity contribution in [1.29, 1.82) is 0 Å². The van der Waals surface area contributed by atoms with E-state index in [1.165, 1.54) is 25.5 Å². The first kappa shape index (κ1) is 21.5. The molecule has 1 heteroatoms. The molecule has 0 aromatic heterocycles. The lowest BCUT2D eigenvalue weighted by Gasteiger charge is -1.96. The largest absolute Gasteiger partial charge is 0.333 e. The van der Waals surface area contributed by atoms with Gasteiger partial charge in [0.05, 0.1) is 0 Å². The minimum absolute atomic E-state index is 1.16. The fraction of sp³-hybridized carbons (Fsp3) is 0.625. The fourth-order valence-electron chi connectivity index (χ4n) is 1.21. The van der Waals surface area contributed by atoms with Crippen LogP contribution in [0.2, 0.25) is 0 Å². The van der Waals surface area contributed by atoms with Crippen LogP contribution in [-0.4, -0.2) is 7.05 Å². The average molecular weight is 239 g/mol. The molecular weight excluding hydrogens is 206 g/mol. The minimum atomic E-state index is 1.16. The molecule has 0 saturated heterocycles. The third-order valence-electron chi connectivity index (χ3n) is 1.98. The molecule has 0 aromatic carbocycles. The molecule has 0 bridgehead atoms. The van der Waals surface area contributed by atoms with E-state index in [-0.39, 0.29) is 0 Å². The van der Waals surface area contributed by atoms with E-state index in [1.54, 1.807) is 0 Å². The molecule has 2 N–H and O–H groups in total. The van der Waals surface area contributed by atoms with Crippen LogP contribution in [0.25, 0.3) is 0 Å². The van der Waals surface area contributed by atoms with E-state index >= 15 is 0 Å². The Bertz CT molecular complexity index is 188. The Balaban J connectivity index is -0.000000439. The molecular formula is C16H33N. The number of rotatable bonds is 6. The van der Waals surface area contributed by atoms with Crippen molar-refractivity contribution in [3.63, 3.8) is 0 Å². The summed E-state index contributed by atoms with van der Waals surface area (Å²) in [7, 11) is 1.50. The molecule has 0 fully saturated rings. The third-order valence-corrected chi connectivity index (χ3v) is 1.98. The smallest absolute Gasteiger partial charge is 0.0195 e. The van der Waals surface area contributed by atoms with Crippen molar-refractivity contribution < 1.29 is 0 Å². The Morgan fingerprint density at radius 3 is 1.94 bits per heavy atom. The SMILES string of the molecule is C/C=C\CC/C=C\C(=C/C)CCC.CC.CN. The van der Waals surface area contributed by atoms with Crippen LogP contribution in [0.15, 0.2) is 36.0 Å². The van der Waals surface area contributed by atoms with Gasteiger partial charge in [-0.15, -0.1) is 0 Å². The minimum Gasteiger partial charge on any atom is -0.333 e. The van der Waals surface area contributed by atoms with Gasteiger partial charge in [0.1, 0.15) is 0 Å². The maximum atomic E-state index is 4.50. The molecule has 0 radical (unpaired) electrons. The number of unbranched alkanes of at least 4 members (excludes halogenated alkanes) is 1. The predicted molar refractivity (Wildman–Crippen MR) is 83.3 cm³/mol. The van der Waals surface area contributed by atoms with Crippen LogP contribution in [0.4, 0.5) is 0 Å². The number of allylic oxidation sites excluding steroid dienone is 6. The van der Waals surface area contributed by atoms with Crippen molar-refractivity contribution in [1.82, 2.24) is 0 Å². The summed E-state index contributed by atoms with van der Waals surface area (Å²) in [5.41, 5.74) is 5.96. The molecule has 0 aromatic rings. The lowest BCUT2D eigenvalue weighted by atomic mass is 10.1. The van der Waals surface area contributed by atoms with Gasteiger partial charge in [-0.3, -0.25) is 0 Å². The standard InChI is InChI=1S/C13H22.C2H6.CH5N/c1-4-7-8-9-10-12-13(6-3)11-5-2;2*1-2/h4,6-7,10,12H,5,8-9,11H2,1-3H3;1-2H3;2H2,1H3/b7-4-,12-10-,13-6-;;. The van der Waals surface area contributed by atoms with Gasteiger partial charge in [-0.05, 0) is 40.2 Å². The zero-order chi connectivity index (χ0) is 13.9. The van der Waals surface area contributed by atoms with Crippen LogP contribution < -0.4 is 5.73 Å². The van der Waals surface area contributed by atoms with E-state index in [9.17, 15) is 0 Å². The number of hydrogen-bond donors (Lipinski definition) is 1. The van der Waals surface area contributed by atoms with E-state index in [0.29, 0.717) is 0 Å². The van der Waals surface area contributed by atoms with Crippen molar-refractivity contribution >= 4 is 0 Å². The molecule has 0 rings (SSSR count). The van der Waals surface area contributed by atoms with E-state index in [2.05, 4.69) is 56.9 Å². The Hall–Kier alpha value is -0.820. The molecule has 0 saturated carbocycles. The monoisotopic (exact) mass is 239 g/mol. The number of nitrogens with two attached hydrogens (primary N) is 1. The highest BCUT2D eigenvalue weighted by atomic mass is 14.4. The molecule has 0 heterocycles. The topological polar surface area (TPSA) is 26.0 Å². The van der Waals surface area contributed by atoms with Gasteiger partial charge < -0.3 is 5.73 Å². The molecule has 0 aliphatic rings. The second kappa shape index (κ2) is 24.4. The van der Waals surface area contributed by atoms with Crippen LogP contribution >= 0.6 is 0 Å². The van der Waals surface area contributed by atoms with Crippen molar-refractivity contribution in [2.24, 2.45) is 5.73 Å². The Morgan fingerprint density at radius 1 is 1.00 bits per heavy atom. The van der Waals surface area contributed by atoms with E-state index in [1.807, 2.05) is 13.8 Å². The van der Waals surface area contributed by atoms with E-state index < -0.39 is 0 Å². The Labute approximate surface area is 109 Å². The van der Waals surface area contributed by atoms with Gasteiger partial charge in [-0.2, -0.15) is 0 Å². The second-order valence-corrected chi connectivity index (χ2v) is 3.16. The average Bonchev–Trinajstić information content (AvgIpc) is 2.42. The van der Waals surface area contributed by atoms with Crippen LogP contribution in [-0.2, 0) is 0 Å². The molecule has 0 spiro atoms. The summed E-state index contributed by atoms with van der Waals surface area (Å²) in [6.45, 7) is 10.4. The summed E-state index contributed by atoms with van der Waals surface area (Å²) in [6.07, 6.45) is 15.8. The molecule has 0 atom stereocenters. The molecule has 17 heavy (non-hydrogen) atoms. The Morgan fingerprint density at radius 2 is 1.53 bits per heavy atom. The molecule has 1 nitrogen and oxygen atoms in total. The van der Waals surface area contributed by atoms with Crippen LogP contribution in [0.5, 0.6) is 0 Å². The first-order valence-electron chi connectivity index (χ1n) is 6.85. The van der Waals surface area contributed by atoms with Crippen molar-refractivity contribution in [2.45, 2.75) is 60.3 Å². The maximum Gasteiger partial charge on any atom is -0.0195 e. The van der Waals surface area contributed by atoms with Crippen LogP contribution in [0.1, 0.15) is 60.3 Å². The van der Waals surface area contributed by atoms with Crippen molar-refractivity contribution in [3.8, 4) is 0 Å². The van der Waals surface area contributed by atoms with Gasteiger partial charge in [-0.1, -0.05) is 63.1 Å². The van der Waals surface area contributed by atoms with Crippen LogP contribution in [0, 0.1) is 0 Å². The zero-order valence-corrected chi connectivity index (χ0v) is 12.8. The number of hydrogen-bond acceptors (Lipinski definition) is 1. The molecule has 0 aliphatic carbocycles. The van der Waals surface area contributed by atoms with Gasteiger partial charge in [0.2, 0.25) is 0 Å². The quantitative estimate of drug-likeness (QED) is 0.382. The summed E-state index contributed by atoms with van der Waals surface area (Å²) >= 11 is 0. The van der Waals surface area contributed by atoms with Gasteiger partial charge in [0.15, 0.2) is 0 Å². The van der Waals surface area contributed by atoms with Crippen molar-refractivity contribution in [3.05, 3.63) is 36.0 Å². The van der Waals surface area contributed by atoms with E-state index in [0.717, 1.165) is 12.8 Å². The highest BCUT2D eigenvalue weighted by Crippen LogP contribution is 2.07. The van der Waals surface area contributed by atoms with Crippen LogP contribution in [0.3, 0.4) is 0 Å². The first-order valence-corrected chi connectivity index (χ1v) is 6.85. The van der Waals surface area contributed by atoms with E-state index in [4.69, 9.17) is 0 Å². The lowest BCUT2D eigenvalue weighted by molar-refractivity contribution is 0.921. The van der Waals surface area contributed by atoms with Gasteiger partial charge in [0, 0.05) is 0 Å². The molecule has 102 valence electrons. The van der Waals surface area contributed by atoms with Gasteiger partial charge in [-0.25, -0.2) is 0 Å². The van der Waals surface area contributed by atoms with Gasteiger partial charge >= 0.3 is 0 Å². The molecule has 0 amide bonds. The second-order valence-electron chi connectivity index (χ2n) is 3.16. The molecule has 0 aliphatic heterocycles. The summed E-state index contributed by atoms with van der Waals surface area (Å²) in [5, 5.41) is 0. The summed E-state index contributed by atoms with van der Waals surface area (Å²) < 4.78 is 0. The Kier molecular flexibility index (Phi) is 30.8. The first-order chi connectivity index (χ1) is 8.35. The fourth-order valence-corrected chi connectivity index (χ4v) is 1.21. The third kappa shape index (κ3) is 21.1. The summed E-state index contributed by atoms with van der Waals surface area (Å²) in [4.78, 5) is 0. The summed E-state index contributed by atoms with van der Waals surface area (Å²) in [6, 6.07) is 0. The van der Waals surface area contributed by atoms with Crippen molar-refractivity contribution in [2.75, 3.05) is 7.05 Å². The lowest BCUT2D eigenvalue weighted by Crippen LogP contribution is -1.76. The predicted octanol–water partition coefficient (Wildman–Crippen LogP) is 5.25. The zero-order valence-electron chi connectivity index (χ0n) is 12.8. The maximum absolute atomic E-state index is 4.50. The highest BCUT2D eigenvalue weighted by molar-refractivity contribution is 5.17. The highest BCUT2D eigenvalue weighted by Gasteiger charge is 1.86. The van der Waals surface area contributed by atoms with Gasteiger partial charge in [0.25, 0.3) is 0 Å². The molecule has 0 unspecified atom stereocenters.